The van der Waals surface area contributed by atoms with Crippen molar-refractivity contribution >= 4 is 12.2 Å². The van der Waals surface area contributed by atoms with Gasteiger partial charge in [-0.3, -0.25) is 0 Å². The quantitative estimate of drug-likeness (QED) is 0.635. The summed E-state index contributed by atoms with van der Waals surface area (Å²) in [6.07, 6.45) is 3.69. The number of nitrogens with one attached hydrogen (secondary N) is 1. The first kappa shape index (κ1) is 19.5. The minimum atomic E-state index is -0.0178. The molecule has 0 aliphatic heterocycles. The Bertz CT molecular complexity index is 677. The van der Waals surface area contributed by atoms with E-state index in [1.165, 1.54) is 5.56 Å². The second-order valence-electron chi connectivity index (χ2n) is 8.08. The van der Waals surface area contributed by atoms with Crippen molar-refractivity contribution in [2.24, 2.45) is 7.05 Å². The summed E-state index contributed by atoms with van der Waals surface area (Å²) in [5, 5.41) is 10.4. The number of aromatic nitrogens is 2. The van der Waals surface area contributed by atoms with Crippen molar-refractivity contribution in [3.05, 3.63) is 46.0 Å². The average molecular weight is 335 g/mol. The number of aromatic hydroxyl groups is 1. The Morgan fingerprint density at radius 3 is 1.65 bits per heavy atom. The van der Waals surface area contributed by atoms with Crippen molar-refractivity contribution in [2.75, 3.05) is 0 Å². The zero-order valence-corrected chi connectivity index (χ0v) is 16.4. The highest BCUT2D eigenvalue weighted by Gasteiger charge is 2.25. The zero-order valence-electron chi connectivity index (χ0n) is 15.6. The molecule has 1 aromatic heterocycles. The molecule has 1 heterocycles. The molecule has 1 aromatic carbocycles. The number of H-pyrrole nitrogens is 1. The monoisotopic (exact) mass is 334 g/mol. The molecule has 0 aliphatic carbocycles. The molecule has 0 bridgehead atoms. The highest BCUT2D eigenvalue weighted by atomic mass is 32.1. The third-order valence-corrected chi connectivity index (χ3v) is 4.10. The van der Waals surface area contributed by atoms with Crippen LogP contribution < -0.4 is 0 Å². The van der Waals surface area contributed by atoms with Crippen LogP contribution in [0.5, 0.6) is 5.75 Å². The smallest absolute Gasteiger partial charge is 0.176 e. The Morgan fingerprint density at radius 1 is 1.00 bits per heavy atom. The summed E-state index contributed by atoms with van der Waals surface area (Å²) in [5.41, 5.74) is 3.26. The molecule has 0 unspecified atom stereocenters. The summed E-state index contributed by atoms with van der Waals surface area (Å²) in [7, 11) is 1.90. The topological polar surface area (TPSA) is 41.0 Å². The van der Waals surface area contributed by atoms with Gasteiger partial charge in [-0.2, -0.15) is 0 Å². The Hall–Kier alpha value is -1.55. The molecule has 0 saturated heterocycles. The van der Waals surface area contributed by atoms with Crippen molar-refractivity contribution in [1.29, 1.82) is 0 Å². The molecule has 2 aromatic rings. The fourth-order valence-electron chi connectivity index (χ4n) is 2.31. The number of aromatic amines is 1. The number of phenols is 1. The van der Waals surface area contributed by atoms with E-state index in [1.807, 2.05) is 24.0 Å². The molecule has 3 nitrogen and oxygen atoms in total. The SMILES string of the molecule is Cc1cc(C(C)(C)C)c(O)c(C(C)(C)C)c1.Cn1cc[nH]c1=S. The molecule has 23 heavy (non-hydrogen) atoms. The largest absolute Gasteiger partial charge is 0.507 e. The van der Waals surface area contributed by atoms with E-state index in [2.05, 4.69) is 65.6 Å². The summed E-state index contributed by atoms with van der Waals surface area (Å²) in [6, 6.07) is 4.18. The van der Waals surface area contributed by atoms with Gasteiger partial charge in [0.15, 0.2) is 4.77 Å². The predicted octanol–water partition coefficient (Wildman–Crippen LogP) is 5.38. The maximum absolute atomic E-state index is 10.4. The number of benzene rings is 1. The van der Waals surface area contributed by atoms with Crippen LogP contribution in [0.2, 0.25) is 0 Å². The van der Waals surface area contributed by atoms with Crippen LogP contribution in [0.15, 0.2) is 24.5 Å². The summed E-state index contributed by atoms with van der Waals surface area (Å²) in [4.78, 5) is 2.85. The van der Waals surface area contributed by atoms with Crippen LogP contribution in [-0.4, -0.2) is 14.7 Å². The summed E-state index contributed by atoms with van der Waals surface area (Å²) in [5.74, 6) is 0.464. The Balaban J connectivity index is 0.000000313. The number of nitrogens with zero attached hydrogens (tertiary/aromatic N) is 1. The van der Waals surface area contributed by atoms with Gasteiger partial charge in [0.05, 0.1) is 0 Å². The van der Waals surface area contributed by atoms with Gasteiger partial charge in [-0.25, -0.2) is 0 Å². The van der Waals surface area contributed by atoms with E-state index in [9.17, 15) is 5.11 Å². The van der Waals surface area contributed by atoms with E-state index in [4.69, 9.17) is 12.2 Å². The van der Waals surface area contributed by atoms with Crippen LogP contribution in [0.4, 0.5) is 0 Å². The fraction of sp³-hybridized carbons (Fsp3) is 0.526. The van der Waals surface area contributed by atoms with Crippen molar-refractivity contribution in [3.8, 4) is 5.75 Å². The molecule has 0 fully saturated rings. The van der Waals surface area contributed by atoms with Gasteiger partial charge in [0.25, 0.3) is 0 Å². The molecule has 0 radical (unpaired) electrons. The van der Waals surface area contributed by atoms with Gasteiger partial charge in [0, 0.05) is 19.4 Å². The van der Waals surface area contributed by atoms with Crippen molar-refractivity contribution in [3.63, 3.8) is 0 Å². The number of hydrogen-bond donors (Lipinski definition) is 2. The molecule has 0 amide bonds. The molecule has 128 valence electrons. The van der Waals surface area contributed by atoms with Crippen LogP contribution in [0.25, 0.3) is 0 Å². The maximum atomic E-state index is 10.4. The minimum Gasteiger partial charge on any atom is -0.507 e. The fourth-order valence-corrected chi connectivity index (χ4v) is 2.44. The number of imidazole rings is 1. The lowest BCUT2D eigenvalue weighted by Gasteiger charge is -2.27. The van der Waals surface area contributed by atoms with E-state index in [1.54, 1.807) is 0 Å². The first-order valence-electron chi connectivity index (χ1n) is 7.88. The molecule has 0 atom stereocenters. The number of hydrogen-bond acceptors (Lipinski definition) is 2. The van der Waals surface area contributed by atoms with Gasteiger partial charge in [-0.1, -0.05) is 59.2 Å². The average Bonchev–Trinajstić information content (AvgIpc) is 2.74. The maximum Gasteiger partial charge on any atom is 0.176 e. The minimum absolute atomic E-state index is 0.0178. The highest BCUT2D eigenvalue weighted by molar-refractivity contribution is 7.71. The molecule has 4 heteroatoms. The van der Waals surface area contributed by atoms with E-state index < -0.39 is 0 Å². The van der Waals surface area contributed by atoms with Gasteiger partial charge in [-0.15, -0.1) is 0 Å². The first-order chi connectivity index (χ1) is 10.3. The highest BCUT2D eigenvalue weighted by Crippen LogP contribution is 2.39. The van der Waals surface area contributed by atoms with E-state index in [0.29, 0.717) is 5.75 Å². The van der Waals surface area contributed by atoms with Gasteiger partial charge in [-0.05, 0) is 41.1 Å². The van der Waals surface area contributed by atoms with E-state index in [-0.39, 0.29) is 10.8 Å². The molecule has 0 aliphatic rings. The van der Waals surface area contributed by atoms with Gasteiger partial charge in [0.2, 0.25) is 0 Å². The van der Waals surface area contributed by atoms with Gasteiger partial charge in [0.1, 0.15) is 5.75 Å². The third-order valence-electron chi connectivity index (χ3n) is 3.70. The molecular formula is C19H30N2OS. The first-order valence-corrected chi connectivity index (χ1v) is 8.29. The van der Waals surface area contributed by atoms with Gasteiger partial charge >= 0.3 is 0 Å². The number of aryl methyl sites for hydroxylation is 2. The van der Waals surface area contributed by atoms with E-state index >= 15 is 0 Å². The van der Waals surface area contributed by atoms with Crippen LogP contribution >= 0.6 is 12.2 Å². The van der Waals surface area contributed by atoms with Crippen molar-refractivity contribution in [2.45, 2.75) is 59.3 Å². The molecule has 0 saturated carbocycles. The Labute approximate surface area is 145 Å². The molecule has 0 spiro atoms. The van der Waals surface area contributed by atoms with Crippen molar-refractivity contribution in [1.82, 2.24) is 9.55 Å². The lowest BCUT2D eigenvalue weighted by Crippen LogP contribution is -2.17. The van der Waals surface area contributed by atoms with Crippen LogP contribution in [0.1, 0.15) is 58.2 Å². The number of rotatable bonds is 0. The third kappa shape index (κ3) is 5.24. The summed E-state index contributed by atoms with van der Waals surface area (Å²) in [6.45, 7) is 14.9. The molecule has 2 N–H and O–H groups in total. The summed E-state index contributed by atoms with van der Waals surface area (Å²) < 4.78 is 2.61. The predicted molar refractivity (Wildman–Crippen MR) is 101 cm³/mol. The molecule has 2 rings (SSSR count). The standard InChI is InChI=1S/C15H24O.C4H6N2S/c1-10-8-11(14(2,3)4)13(16)12(9-10)15(5,6)7;1-6-3-2-5-4(6)7/h8-9,16H,1-7H3;2-3H,1H3,(H,5,7). The Kier molecular flexibility index (Phi) is 5.86. The zero-order chi connectivity index (χ0) is 18.0. The van der Waals surface area contributed by atoms with Crippen molar-refractivity contribution < 1.29 is 5.11 Å². The number of phenolic OH excluding ortho intramolecular Hbond substituents is 1. The lowest BCUT2D eigenvalue weighted by molar-refractivity contribution is 0.423. The summed E-state index contributed by atoms with van der Waals surface area (Å²) >= 11 is 4.79. The van der Waals surface area contributed by atoms with Crippen LogP contribution in [0, 0.1) is 11.7 Å². The second-order valence-corrected chi connectivity index (χ2v) is 8.47. The lowest BCUT2D eigenvalue weighted by atomic mass is 9.78. The Morgan fingerprint density at radius 2 is 1.43 bits per heavy atom. The second kappa shape index (κ2) is 6.91. The van der Waals surface area contributed by atoms with E-state index in [0.717, 1.165) is 15.9 Å². The van der Waals surface area contributed by atoms with Crippen LogP contribution in [0.3, 0.4) is 0 Å². The molecular weight excluding hydrogens is 304 g/mol. The normalized spacial score (nSPS) is 11.8. The van der Waals surface area contributed by atoms with Crippen LogP contribution in [-0.2, 0) is 17.9 Å². The van der Waals surface area contributed by atoms with Gasteiger partial charge < -0.3 is 14.7 Å².